The minimum atomic E-state index is 0.451. The quantitative estimate of drug-likeness (QED) is 0.830. The first kappa shape index (κ1) is 14.7. The average Bonchev–Trinajstić information content (AvgIpc) is 2.31. The Labute approximate surface area is 125 Å². The number of anilines is 1. The van der Waals surface area contributed by atoms with Crippen molar-refractivity contribution < 1.29 is 4.74 Å². The molecular weight excluding hydrogens is 302 g/mol. The Kier molecular flexibility index (Phi) is 4.44. The fourth-order valence-corrected chi connectivity index (χ4v) is 3.64. The van der Waals surface area contributed by atoms with Crippen molar-refractivity contribution in [1.82, 2.24) is 0 Å². The summed E-state index contributed by atoms with van der Waals surface area (Å²) in [5.41, 5.74) is 2.83. The Morgan fingerprint density at radius 1 is 1.37 bits per heavy atom. The molecule has 0 radical (unpaired) electrons. The van der Waals surface area contributed by atoms with E-state index in [1.807, 2.05) is 6.07 Å². The third kappa shape index (κ3) is 3.65. The van der Waals surface area contributed by atoms with E-state index in [0.29, 0.717) is 11.5 Å². The van der Waals surface area contributed by atoms with Gasteiger partial charge in [-0.05, 0) is 49.3 Å². The van der Waals surface area contributed by atoms with Crippen molar-refractivity contribution in [3.05, 3.63) is 22.2 Å². The lowest BCUT2D eigenvalue weighted by Gasteiger charge is -2.36. The number of benzene rings is 1. The van der Waals surface area contributed by atoms with Crippen LogP contribution in [0.2, 0.25) is 0 Å². The highest BCUT2D eigenvalue weighted by molar-refractivity contribution is 9.10. The molecule has 106 valence electrons. The molecule has 0 spiro atoms. The normalized spacial score (nSPS) is 22.1. The number of hydrogen-bond donors (Lipinski definition) is 1. The molecule has 1 aliphatic carbocycles. The van der Waals surface area contributed by atoms with E-state index < -0.39 is 0 Å². The van der Waals surface area contributed by atoms with Crippen molar-refractivity contribution in [3.63, 3.8) is 0 Å². The number of methoxy groups -OCH3 is 1. The topological polar surface area (TPSA) is 21.3 Å². The third-order valence-corrected chi connectivity index (χ3v) is 4.50. The zero-order valence-corrected chi connectivity index (χ0v) is 13.9. The lowest BCUT2D eigenvalue weighted by atomic mass is 9.75. The average molecular weight is 326 g/mol. The molecule has 19 heavy (non-hydrogen) atoms. The van der Waals surface area contributed by atoms with Crippen LogP contribution in [0.1, 0.15) is 45.1 Å². The van der Waals surface area contributed by atoms with Crippen LogP contribution in [0.25, 0.3) is 0 Å². The van der Waals surface area contributed by atoms with Gasteiger partial charge in [-0.1, -0.05) is 36.2 Å². The van der Waals surface area contributed by atoms with Crippen LogP contribution in [0.5, 0.6) is 5.75 Å². The van der Waals surface area contributed by atoms with E-state index in [4.69, 9.17) is 4.74 Å². The van der Waals surface area contributed by atoms with Crippen molar-refractivity contribution in [3.8, 4) is 5.75 Å². The molecule has 3 heteroatoms. The first-order chi connectivity index (χ1) is 8.91. The van der Waals surface area contributed by atoms with Gasteiger partial charge in [0, 0.05) is 10.5 Å². The number of halogens is 1. The van der Waals surface area contributed by atoms with Crippen LogP contribution in [0, 0.1) is 12.3 Å². The second kappa shape index (κ2) is 5.74. The Bertz CT molecular complexity index is 456. The minimum Gasteiger partial charge on any atom is -0.495 e. The van der Waals surface area contributed by atoms with E-state index in [0.717, 1.165) is 15.9 Å². The van der Waals surface area contributed by atoms with Crippen molar-refractivity contribution in [2.75, 3.05) is 12.4 Å². The van der Waals surface area contributed by atoms with Crippen molar-refractivity contribution in [1.29, 1.82) is 0 Å². The summed E-state index contributed by atoms with van der Waals surface area (Å²) in [6.45, 7) is 6.86. The smallest absolute Gasteiger partial charge is 0.143 e. The van der Waals surface area contributed by atoms with Crippen molar-refractivity contribution >= 4 is 21.6 Å². The molecule has 1 N–H and O–H groups in total. The van der Waals surface area contributed by atoms with E-state index in [1.54, 1.807) is 7.11 Å². The molecular formula is C16H24BrNO. The van der Waals surface area contributed by atoms with Crippen LogP contribution in [-0.2, 0) is 0 Å². The highest BCUT2D eigenvalue weighted by Gasteiger charge is 2.28. The van der Waals surface area contributed by atoms with Gasteiger partial charge in [-0.15, -0.1) is 0 Å². The molecule has 2 nitrogen and oxygen atoms in total. The Morgan fingerprint density at radius 2 is 2.11 bits per heavy atom. The number of aryl methyl sites for hydroxylation is 1. The van der Waals surface area contributed by atoms with Gasteiger partial charge >= 0.3 is 0 Å². The molecule has 1 saturated carbocycles. The lowest BCUT2D eigenvalue weighted by molar-refractivity contribution is 0.229. The van der Waals surface area contributed by atoms with Crippen LogP contribution in [-0.4, -0.2) is 13.2 Å². The molecule has 0 aliphatic heterocycles. The number of rotatable bonds is 3. The van der Waals surface area contributed by atoms with Gasteiger partial charge in [-0.3, -0.25) is 0 Å². The second-order valence-corrected chi connectivity index (χ2v) is 7.32. The molecule has 0 aromatic heterocycles. The Morgan fingerprint density at radius 3 is 2.74 bits per heavy atom. The fourth-order valence-electron chi connectivity index (χ4n) is 3.08. The molecule has 1 fully saturated rings. The van der Waals surface area contributed by atoms with E-state index in [9.17, 15) is 0 Å². The summed E-state index contributed by atoms with van der Waals surface area (Å²) in [5.74, 6) is 0.926. The number of ether oxygens (including phenoxy) is 1. The van der Waals surface area contributed by atoms with Gasteiger partial charge in [0.05, 0.1) is 12.8 Å². The first-order valence-corrected chi connectivity index (χ1v) is 7.81. The third-order valence-electron chi connectivity index (χ3n) is 4.04. The fraction of sp³-hybridized carbons (Fsp3) is 0.625. The monoisotopic (exact) mass is 325 g/mol. The summed E-state index contributed by atoms with van der Waals surface area (Å²) in [6, 6.07) is 4.72. The molecule has 1 aromatic carbocycles. The zero-order valence-electron chi connectivity index (χ0n) is 12.3. The summed E-state index contributed by atoms with van der Waals surface area (Å²) in [7, 11) is 1.73. The second-order valence-electron chi connectivity index (χ2n) is 6.40. The predicted molar refractivity (Wildman–Crippen MR) is 85.1 cm³/mol. The van der Waals surface area contributed by atoms with E-state index in [-0.39, 0.29) is 0 Å². The van der Waals surface area contributed by atoms with Crippen LogP contribution in [0.3, 0.4) is 0 Å². The van der Waals surface area contributed by atoms with Crippen LogP contribution < -0.4 is 10.1 Å². The minimum absolute atomic E-state index is 0.451. The predicted octanol–water partition coefficient (Wildman–Crippen LogP) is 5.15. The SMILES string of the molecule is COc1cc(Br)cc(C)c1NC1CCCC(C)(C)C1. The highest BCUT2D eigenvalue weighted by Crippen LogP contribution is 2.39. The van der Waals surface area contributed by atoms with Crippen LogP contribution >= 0.6 is 15.9 Å². The first-order valence-electron chi connectivity index (χ1n) is 7.02. The summed E-state index contributed by atoms with van der Waals surface area (Å²) < 4.78 is 6.57. The number of nitrogens with one attached hydrogen (secondary N) is 1. The summed E-state index contributed by atoms with van der Waals surface area (Å²) >= 11 is 3.52. The van der Waals surface area contributed by atoms with E-state index in [1.165, 1.54) is 31.2 Å². The number of hydrogen-bond acceptors (Lipinski definition) is 2. The molecule has 1 unspecified atom stereocenters. The molecule has 2 rings (SSSR count). The molecule has 1 aliphatic rings. The van der Waals surface area contributed by atoms with Crippen LogP contribution in [0.4, 0.5) is 5.69 Å². The maximum Gasteiger partial charge on any atom is 0.143 e. The largest absolute Gasteiger partial charge is 0.495 e. The molecule has 0 bridgehead atoms. The van der Waals surface area contributed by atoms with Gasteiger partial charge in [0.15, 0.2) is 0 Å². The van der Waals surface area contributed by atoms with Crippen molar-refractivity contribution in [2.45, 2.75) is 52.5 Å². The highest BCUT2D eigenvalue weighted by atomic mass is 79.9. The van der Waals surface area contributed by atoms with Gasteiger partial charge in [0.1, 0.15) is 5.75 Å². The zero-order chi connectivity index (χ0) is 14.0. The van der Waals surface area contributed by atoms with Gasteiger partial charge in [-0.25, -0.2) is 0 Å². The van der Waals surface area contributed by atoms with E-state index in [2.05, 4.69) is 48.1 Å². The lowest BCUT2D eigenvalue weighted by Crippen LogP contribution is -2.32. The molecule has 1 atom stereocenters. The Hall–Kier alpha value is -0.700. The molecule has 0 saturated heterocycles. The standard InChI is InChI=1S/C16H24BrNO/c1-11-8-12(17)9-14(19-4)15(11)18-13-6-5-7-16(2,3)10-13/h8-9,13,18H,5-7,10H2,1-4H3. The Balaban J connectivity index is 2.19. The van der Waals surface area contributed by atoms with E-state index >= 15 is 0 Å². The van der Waals surface area contributed by atoms with Crippen LogP contribution in [0.15, 0.2) is 16.6 Å². The molecule has 0 amide bonds. The van der Waals surface area contributed by atoms with Gasteiger partial charge in [-0.2, -0.15) is 0 Å². The van der Waals surface area contributed by atoms with Gasteiger partial charge in [0.2, 0.25) is 0 Å². The molecule has 1 aromatic rings. The summed E-state index contributed by atoms with van der Waals surface area (Å²) in [5, 5.41) is 3.71. The van der Waals surface area contributed by atoms with Crippen molar-refractivity contribution in [2.24, 2.45) is 5.41 Å². The van der Waals surface area contributed by atoms with Gasteiger partial charge < -0.3 is 10.1 Å². The summed E-state index contributed by atoms with van der Waals surface area (Å²) in [4.78, 5) is 0. The maximum absolute atomic E-state index is 5.51. The summed E-state index contributed by atoms with van der Waals surface area (Å²) in [6.07, 6.45) is 5.12. The molecule has 0 heterocycles. The van der Waals surface area contributed by atoms with Gasteiger partial charge in [0.25, 0.3) is 0 Å². The maximum atomic E-state index is 5.51.